The molecule has 1 saturated heterocycles. The molecule has 1 fully saturated rings. The lowest BCUT2D eigenvalue weighted by molar-refractivity contribution is 0.0635. The first-order valence-electron chi connectivity index (χ1n) is 12.5. The summed E-state index contributed by atoms with van der Waals surface area (Å²) in [4.78, 5) is 29.4. The highest BCUT2D eigenvalue weighted by atomic mass is 35.5. The fourth-order valence-corrected chi connectivity index (χ4v) is 5.00. The zero-order valence-corrected chi connectivity index (χ0v) is 23.8. The number of amides is 2. The molecule has 0 bridgehead atoms. The minimum atomic E-state index is -0.581. The Morgan fingerprint density at radius 2 is 1.76 bits per heavy atom. The Balaban J connectivity index is 0.00000253. The smallest absolute Gasteiger partial charge is 0.412 e. The molecule has 1 aliphatic rings. The molecule has 0 spiro atoms. The molecule has 0 atom stereocenters. The molecule has 1 aliphatic heterocycles. The predicted octanol–water partition coefficient (Wildman–Crippen LogP) is 4.57. The van der Waals surface area contributed by atoms with Gasteiger partial charge in [-0.05, 0) is 82.0 Å². The summed E-state index contributed by atoms with van der Waals surface area (Å²) in [6, 6.07) is 15.3. The van der Waals surface area contributed by atoms with Gasteiger partial charge in [0, 0.05) is 49.4 Å². The van der Waals surface area contributed by atoms with Gasteiger partial charge in [0.2, 0.25) is 0 Å². The molecular weight excluding hydrogens is 526 g/mol. The van der Waals surface area contributed by atoms with E-state index >= 15 is 0 Å². The Labute approximate surface area is 234 Å². The summed E-state index contributed by atoms with van der Waals surface area (Å²) in [6.45, 7) is 11.1. The zero-order valence-electron chi connectivity index (χ0n) is 22.2. The second kappa shape index (κ2) is 14.3. The summed E-state index contributed by atoms with van der Waals surface area (Å²) < 4.78 is 11.2. The number of benzene rings is 2. The van der Waals surface area contributed by atoms with Crippen LogP contribution in [-0.4, -0.2) is 71.6 Å². The number of rotatable bonds is 8. The molecule has 11 heteroatoms. The molecule has 0 saturated carbocycles. The van der Waals surface area contributed by atoms with E-state index in [1.165, 1.54) is 10.1 Å². The van der Waals surface area contributed by atoms with Crippen molar-refractivity contribution in [3.05, 3.63) is 54.1 Å². The van der Waals surface area contributed by atoms with Gasteiger partial charge in [0.25, 0.3) is 5.91 Å². The number of nitrogens with zero attached hydrogens (tertiary/aromatic N) is 3. The average molecular weight is 564 g/mol. The van der Waals surface area contributed by atoms with Crippen LogP contribution in [0, 0.1) is 0 Å². The number of halogens is 1. The first kappa shape index (κ1) is 31.3. The number of piperazine rings is 1. The van der Waals surface area contributed by atoms with Crippen LogP contribution >= 0.6 is 23.9 Å². The Hall–Kier alpha value is -2.92. The van der Waals surface area contributed by atoms with Crippen molar-refractivity contribution in [3.8, 4) is 0 Å². The van der Waals surface area contributed by atoms with Gasteiger partial charge < -0.3 is 20.4 Å². The van der Waals surface area contributed by atoms with Crippen LogP contribution < -0.4 is 15.5 Å². The number of carbonyl (C=O) groups excluding carboxylic acids is 2. The minimum absolute atomic E-state index is 0. The summed E-state index contributed by atoms with van der Waals surface area (Å²) in [5, 5.41) is 6.90. The van der Waals surface area contributed by atoms with Crippen molar-refractivity contribution in [3.63, 3.8) is 0 Å². The molecule has 3 aromatic rings. The number of carbonyl (C=O) groups is 2. The Bertz CT molecular complexity index is 1190. The van der Waals surface area contributed by atoms with E-state index in [-0.39, 0.29) is 23.8 Å². The van der Waals surface area contributed by atoms with E-state index in [1.54, 1.807) is 56.6 Å². The number of anilines is 2. The van der Waals surface area contributed by atoms with E-state index < -0.39 is 11.7 Å². The Kier molecular flexibility index (Phi) is 11.8. The van der Waals surface area contributed by atoms with Crippen molar-refractivity contribution < 1.29 is 19.8 Å². The van der Waals surface area contributed by atoms with E-state index in [1.807, 2.05) is 0 Å². The van der Waals surface area contributed by atoms with Crippen molar-refractivity contribution in [2.24, 2.45) is 0 Å². The molecule has 208 valence electrons. The monoisotopic (exact) mass is 563 g/mol. The largest absolute Gasteiger partial charge is 0.444 e. The lowest BCUT2D eigenvalue weighted by Gasteiger charge is -2.35. The third-order valence-electron chi connectivity index (χ3n) is 5.99. The van der Waals surface area contributed by atoms with E-state index in [0.717, 1.165) is 51.4 Å². The summed E-state index contributed by atoms with van der Waals surface area (Å²) in [7, 11) is 0. The van der Waals surface area contributed by atoms with Crippen molar-refractivity contribution >= 4 is 57.5 Å². The SMILES string of the molecule is CC(C)(C)OC(=O)Nc1cccc(C(=O)NCCCCN2CCN(c3nsc4ccccc34)CC2)c1.Cl.O. The lowest BCUT2D eigenvalue weighted by Crippen LogP contribution is -2.46. The maximum absolute atomic E-state index is 12.5. The quantitative estimate of drug-likeness (QED) is 0.387. The van der Waals surface area contributed by atoms with Gasteiger partial charge in [0.1, 0.15) is 11.4 Å². The van der Waals surface area contributed by atoms with Crippen molar-refractivity contribution in [1.29, 1.82) is 0 Å². The maximum Gasteiger partial charge on any atom is 0.412 e. The zero-order chi connectivity index (χ0) is 25.5. The predicted molar refractivity (Wildman–Crippen MR) is 157 cm³/mol. The van der Waals surface area contributed by atoms with Crippen LogP contribution in [0.25, 0.3) is 10.1 Å². The third-order valence-corrected chi connectivity index (χ3v) is 6.80. The molecule has 9 nitrogen and oxygen atoms in total. The molecule has 1 aromatic heterocycles. The fraction of sp³-hybridized carbons (Fsp3) is 0.444. The third kappa shape index (κ3) is 8.83. The number of hydrogen-bond acceptors (Lipinski definition) is 7. The van der Waals surface area contributed by atoms with E-state index in [9.17, 15) is 9.59 Å². The normalized spacial score (nSPS) is 13.8. The highest BCUT2D eigenvalue weighted by Crippen LogP contribution is 2.29. The molecule has 0 unspecified atom stereocenters. The van der Waals surface area contributed by atoms with Crippen LogP contribution in [0.3, 0.4) is 0 Å². The van der Waals surface area contributed by atoms with Crippen LogP contribution in [0.2, 0.25) is 0 Å². The fourth-order valence-electron chi connectivity index (χ4n) is 4.21. The average Bonchev–Trinajstić information content (AvgIpc) is 3.27. The van der Waals surface area contributed by atoms with Gasteiger partial charge in [-0.25, -0.2) is 4.79 Å². The van der Waals surface area contributed by atoms with Crippen LogP contribution in [0.4, 0.5) is 16.3 Å². The van der Waals surface area contributed by atoms with E-state index in [4.69, 9.17) is 4.74 Å². The number of fused-ring (bicyclic) bond motifs is 1. The molecule has 0 radical (unpaired) electrons. The number of aromatic nitrogens is 1. The molecular formula is C27H38ClN5O4S. The highest BCUT2D eigenvalue weighted by Gasteiger charge is 2.20. The van der Waals surface area contributed by atoms with E-state index in [2.05, 4.69) is 49.1 Å². The van der Waals surface area contributed by atoms with E-state index in [0.29, 0.717) is 17.8 Å². The first-order valence-corrected chi connectivity index (χ1v) is 13.3. The summed E-state index contributed by atoms with van der Waals surface area (Å²) in [5.74, 6) is 0.968. The van der Waals surface area contributed by atoms with Crippen molar-refractivity contribution in [2.45, 2.75) is 39.2 Å². The number of nitrogens with one attached hydrogen (secondary N) is 2. The van der Waals surface area contributed by atoms with Gasteiger partial charge in [-0.3, -0.25) is 15.0 Å². The molecule has 38 heavy (non-hydrogen) atoms. The number of hydrogen-bond donors (Lipinski definition) is 2. The molecule has 0 aliphatic carbocycles. The second-order valence-electron chi connectivity index (χ2n) is 10.0. The standard InChI is InChI=1S/C27H35N5O3S.ClH.H2O/c1-27(2,3)35-26(34)29-21-10-8-9-20(19-21)25(33)28-13-6-7-14-31-15-17-32(18-16-31)24-22-11-4-5-12-23(22)36-30-24;;/h4-5,8-12,19H,6-7,13-18H2,1-3H3,(H,28,33)(H,29,34);1H;1H2. The van der Waals surface area contributed by atoms with Crippen LogP contribution in [0.15, 0.2) is 48.5 Å². The van der Waals surface area contributed by atoms with Crippen molar-refractivity contribution in [2.75, 3.05) is 49.5 Å². The van der Waals surface area contributed by atoms with Crippen LogP contribution in [0.5, 0.6) is 0 Å². The van der Waals surface area contributed by atoms with Gasteiger partial charge >= 0.3 is 6.09 Å². The lowest BCUT2D eigenvalue weighted by atomic mass is 10.2. The Morgan fingerprint density at radius 1 is 1.03 bits per heavy atom. The number of unbranched alkanes of at least 4 members (excludes halogenated alkanes) is 1. The highest BCUT2D eigenvalue weighted by molar-refractivity contribution is 7.13. The Morgan fingerprint density at radius 3 is 2.50 bits per heavy atom. The van der Waals surface area contributed by atoms with Gasteiger partial charge in [-0.15, -0.1) is 12.4 Å². The minimum Gasteiger partial charge on any atom is -0.444 e. The van der Waals surface area contributed by atoms with Gasteiger partial charge in [-0.2, -0.15) is 4.37 Å². The number of ether oxygens (including phenoxy) is 1. The molecule has 4 N–H and O–H groups in total. The van der Waals surface area contributed by atoms with Crippen molar-refractivity contribution in [1.82, 2.24) is 14.6 Å². The summed E-state index contributed by atoms with van der Waals surface area (Å²) in [6.07, 6.45) is 1.40. The first-order chi connectivity index (χ1) is 17.3. The van der Waals surface area contributed by atoms with Gasteiger partial charge in [-0.1, -0.05) is 18.2 Å². The maximum atomic E-state index is 12.5. The topological polar surface area (TPSA) is 118 Å². The van der Waals surface area contributed by atoms with Crippen LogP contribution in [0.1, 0.15) is 44.0 Å². The van der Waals surface area contributed by atoms with Gasteiger partial charge in [0.15, 0.2) is 0 Å². The molecule has 4 rings (SSSR count). The summed E-state index contributed by atoms with van der Waals surface area (Å²) in [5.41, 5.74) is 0.457. The molecule has 2 amide bonds. The molecule has 2 heterocycles. The molecule has 2 aromatic carbocycles. The summed E-state index contributed by atoms with van der Waals surface area (Å²) >= 11 is 1.57. The second-order valence-corrected chi connectivity index (χ2v) is 10.8. The van der Waals surface area contributed by atoms with Gasteiger partial charge in [0.05, 0.1) is 4.70 Å². The van der Waals surface area contributed by atoms with Crippen LogP contribution in [-0.2, 0) is 4.74 Å².